The van der Waals surface area contributed by atoms with E-state index in [1.807, 2.05) is 0 Å². The van der Waals surface area contributed by atoms with E-state index in [-0.39, 0.29) is 63.7 Å². The molecular formula is C72H48F8S8. The van der Waals surface area contributed by atoms with E-state index in [4.69, 9.17) is 0 Å². The number of halogens is 8. The maximum Gasteiger partial charge on any atom is 0.177 e. The van der Waals surface area contributed by atoms with Crippen LogP contribution in [0.4, 0.5) is 35.1 Å². The van der Waals surface area contributed by atoms with Gasteiger partial charge in [0.25, 0.3) is 0 Å². The van der Waals surface area contributed by atoms with Gasteiger partial charge in [0.2, 0.25) is 0 Å². The van der Waals surface area contributed by atoms with E-state index in [1.54, 1.807) is 48.5 Å². The smallest absolute Gasteiger partial charge is 0.177 e. The number of thiophene rings is 8. The standard InChI is InChI=1S/C20H16F2S2.2C18H12F2S2.C16H8F2S2/c1-19(2)11-5-10-12(6-9(11)17-13(19)7-15(21)23-17)20(3,4)14-8-16(22)24-18(10)14;1-7-9-3-14-10(8(2)12-6-16(20)22-18(12)14)4-13(9)17-11(7)5-15(19)21-17;1-7-11-3-9-5-14(20)22-18(9)16(11)8(2)12-4-10-6-13(19)21-17(10)15(7)12;17-13-5-9-1-7-3-12-8(4-11(7)15(9)19-13)2-10-6-14(18)20-16(10)12/h5-8H,1-4H3;3-8H,1-2H3;5-6H,3-4H2,1-2H3;3-6H,1-2H2. The molecule has 88 heavy (non-hydrogen) atoms. The average molecular weight is 1320 g/mol. The second-order valence-corrected chi connectivity index (χ2v) is 33.4. The Morgan fingerprint density at radius 2 is 0.614 bits per heavy atom. The van der Waals surface area contributed by atoms with Crippen LogP contribution in [0.15, 0.2) is 84.9 Å². The summed E-state index contributed by atoms with van der Waals surface area (Å²) in [7, 11) is 0. The van der Waals surface area contributed by atoms with Crippen molar-refractivity contribution in [2.45, 2.75) is 104 Å². The van der Waals surface area contributed by atoms with Gasteiger partial charge in [0.1, 0.15) is 0 Å². The van der Waals surface area contributed by atoms with Gasteiger partial charge < -0.3 is 0 Å². The molecule has 0 bridgehead atoms. The first-order chi connectivity index (χ1) is 42.0. The van der Waals surface area contributed by atoms with Gasteiger partial charge in [-0.05, 0) is 269 Å². The maximum absolute atomic E-state index is 13.9. The van der Waals surface area contributed by atoms with Gasteiger partial charge in [-0.25, -0.2) is 0 Å². The lowest BCUT2D eigenvalue weighted by Gasteiger charge is -2.24. The third kappa shape index (κ3) is 7.97. The minimum atomic E-state index is -0.219. The van der Waals surface area contributed by atoms with Crippen LogP contribution in [-0.4, -0.2) is 0 Å². The summed E-state index contributed by atoms with van der Waals surface area (Å²) in [6.07, 6.45) is 3.19. The summed E-state index contributed by atoms with van der Waals surface area (Å²) >= 11 is 9.90. The number of rotatable bonds is 0. The Bertz CT molecular complexity index is 4790. The van der Waals surface area contributed by atoms with Gasteiger partial charge in [-0.1, -0.05) is 41.5 Å². The first-order valence-electron chi connectivity index (χ1n) is 29.0. The number of fused-ring (bicyclic) bond motifs is 24. The van der Waals surface area contributed by atoms with Crippen LogP contribution in [0.25, 0.3) is 83.5 Å². The van der Waals surface area contributed by atoms with Gasteiger partial charge >= 0.3 is 0 Å². The van der Waals surface area contributed by atoms with Crippen LogP contribution in [0.2, 0.25) is 0 Å². The molecule has 8 aliphatic rings. The summed E-state index contributed by atoms with van der Waals surface area (Å²) in [6, 6.07) is 26.5. The van der Waals surface area contributed by atoms with E-state index in [9.17, 15) is 35.1 Å². The molecule has 440 valence electrons. The van der Waals surface area contributed by atoms with Gasteiger partial charge in [0.15, 0.2) is 41.0 Å². The molecule has 0 saturated carbocycles. The molecule has 16 heteroatoms. The van der Waals surface area contributed by atoms with Crippen molar-refractivity contribution < 1.29 is 35.1 Å². The van der Waals surface area contributed by atoms with Crippen LogP contribution in [-0.2, 0) is 36.5 Å². The Morgan fingerprint density at radius 3 is 1.00 bits per heavy atom. The lowest BCUT2D eigenvalue weighted by Crippen LogP contribution is -2.16. The van der Waals surface area contributed by atoms with Crippen LogP contribution >= 0.6 is 90.7 Å². The topological polar surface area (TPSA) is 0 Å². The molecule has 2 atom stereocenters. The number of hydrogen-bond donors (Lipinski definition) is 0. The fraction of sp³-hybridized carbons (Fsp3) is 0.222. The third-order valence-electron chi connectivity index (χ3n) is 19.9. The molecule has 0 fully saturated rings. The zero-order valence-electron chi connectivity index (χ0n) is 48.4. The average Bonchev–Trinajstić information content (AvgIpc) is 1.57. The SMILES string of the molecule is CC1(C)c2cc3c(cc2-c2sc(F)cc21)C(C)(C)c1cc(F)sc1-3.CC1c2cc3c(cc2-c2sc(F)cc21)C(C)c1cc(F)sc1-3.Cc1c2c(c(C)c3c1-c1sc(F)cc1C3)-c1sc(F)cc1C2.Fc1cc2c(s1)-c1cc3c(cc1C2)-c1sc(F)cc1C3. The Kier molecular flexibility index (Phi) is 12.2. The van der Waals surface area contributed by atoms with E-state index in [0.29, 0.717) is 0 Å². The fourth-order valence-corrected chi connectivity index (χ4v) is 23.8. The molecule has 0 aliphatic heterocycles. The van der Waals surface area contributed by atoms with E-state index in [0.717, 1.165) is 131 Å². The van der Waals surface area contributed by atoms with Gasteiger partial charge in [0, 0.05) is 61.7 Å². The van der Waals surface area contributed by atoms with Crippen LogP contribution < -0.4 is 0 Å². The van der Waals surface area contributed by atoms with Crippen molar-refractivity contribution in [3.63, 3.8) is 0 Å². The first-order valence-corrected chi connectivity index (χ1v) is 35.5. The summed E-state index contributed by atoms with van der Waals surface area (Å²) in [4.78, 5) is 8.56. The molecule has 8 heterocycles. The lowest BCUT2D eigenvalue weighted by molar-refractivity contribution is 0.629. The molecule has 4 aromatic carbocycles. The van der Waals surface area contributed by atoms with Gasteiger partial charge in [0.05, 0.1) is 0 Å². The number of hydrogen-bond acceptors (Lipinski definition) is 8. The van der Waals surface area contributed by atoms with Gasteiger partial charge in [-0.2, -0.15) is 35.1 Å². The molecule has 20 rings (SSSR count). The van der Waals surface area contributed by atoms with Crippen LogP contribution in [0.1, 0.15) is 154 Å². The van der Waals surface area contributed by atoms with E-state index < -0.39 is 0 Å². The minimum Gasteiger partial charge on any atom is -0.195 e. The van der Waals surface area contributed by atoms with Crippen molar-refractivity contribution in [1.29, 1.82) is 0 Å². The zero-order valence-corrected chi connectivity index (χ0v) is 54.9. The molecule has 0 saturated heterocycles. The summed E-state index contributed by atoms with van der Waals surface area (Å²) in [5.41, 5.74) is 30.2. The van der Waals surface area contributed by atoms with Crippen molar-refractivity contribution in [2.24, 2.45) is 0 Å². The normalized spacial score (nSPS) is 16.9. The molecule has 0 N–H and O–H groups in total. The van der Waals surface area contributed by atoms with Crippen molar-refractivity contribution in [3.8, 4) is 83.5 Å². The predicted octanol–water partition coefficient (Wildman–Crippen LogP) is 24.1. The second-order valence-electron chi connectivity index (χ2n) is 25.4. The monoisotopic (exact) mass is 1320 g/mol. The zero-order chi connectivity index (χ0) is 60.8. The highest BCUT2D eigenvalue weighted by Crippen LogP contribution is 2.61. The van der Waals surface area contributed by atoms with Crippen LogP contribution in [0.3, 0.4) is 0 Å². The van der Waals surface area contributed by atoms with Crippen LogP contribution in [0, 0.1) is 54.9 Å². The molecule has 8 aliphatic carbocycles. The highest BCUT2D eigenvalue weighted by molar-refractivity contribution is 7.16. The van der Waals surface area contributed by atoms with E-state index >= 15 is 0 Å². The molecule has 2 unspecified atom stereocenters. The van der Waals surface area contributed by atoms with E-state index in [2.05, 4.69) is 91.8 Å². The summed E-state index contributed by atoms with van der Waals surface area (Å²) in [5.74, 6) is 0.417. The quantitative estimate of drug-likeness (QED) is 0.133. The van der Waals surface area contributed by atoms with Crippen molar-refractivity contribution in [2.75, 3.05) is 0 Å². The second kappa shape index (κ2) is 19.2. The highest BCUT2D eigenvalue weighted by Gasteiger charge is 2.44. The highest BCUT2D eigenvalue weighted by atomic mass is 32.1. The largest absolute Gasteiger partial charge is 0.195 e. The van der Waals surface area contributed by atoms with Crippen molar-refractivity contribution >= 4 is 90.7 Å². The van der Waals surface area contributed by atoms with Crippen molar-refractivity contribution in [3.05, 3.63) is 226 Å². The molecule has 8 aromatic heterocycles. The maximum atomic E-state index is 13.9. The molecule has 0 amide bonds. The molecule has 0 nitrogen and oxygen atoms in total. The van der Waals surface area contributed by atoms with Crippen LogP contribution in [0.5, 0.6) is 0 Å². The van der Waals surface area contributed by atoms with E-state index in [1.165, 1.54) is 169 Å². The van der Waals surface area contributed by atoms with Crippen molar-refractivity contribution in [1.82, 2.24) is 0 Å². The lowest BCUT2D eigenvalue weighted by atomic mass is 9.79. The summed E-state index contributed by atoms with van der Waals surface area (Å²) in [5, 5.41) is -0.901. The third-order valence-corrected chi connectivity index (χ3v) is 27.7. The van der Waals surface area contributed by atoms with Gasteiger partial charge in [-0.3, -0.25) is 0 Å². The first kappa shape index (κ1) is 55.9. The molecule has 12 aromatic rings. The summed E-state index contributed by atoms with van der Waals surface area (Å²) in [6.45, 7) is 17.1. The minimum absolute atomic E-state index is 0.102. The molecular weight excluding hydrogens is 1270 g/mol. The fourth-order valence-electron chi connectivity index (χ4n) is 15.6. The molecule has 0 radical (unpaired) electrons. The summed E-state index contributed by atoms with van der Waals surface area (Å²) < 4.78 is 109. The number of benzene rings is 4. The van der Waals surface area contributed by atoms with Gasteiger partial charge in [-0.15, -0.1) is 90.7 Å². The Balaban J connectivity index is 0.0000000912. The Labute approximate surface area is 534 Å². The predicted molar refractivity (Wildman–Crippen MR) is 352 cm³/mol. The Hall–Kier alpha value is -6.08. The Morgan fingerprint density at radius 1 is 0.295 bits per heavy atom. The molecule has 0 spiro atoms.